The average Bonchev–Trinajstić information content (AvgIpc) is 2.53. The molecule has 0 bridgehead atoms. The van der Waals surface area contributed by atoms with Crippen LogP contribution in [0.4, 0.5) is 0 Å². The maximum atomic E-state index is 9.07. The van der Waals surface area contributed by atoms with Gasteiger partial charge in [0.1, 0.15) is 0 Å². The molecule has 2 unspecified atom stereocenters. The van der Waals surface area contributed by atoms with Crippen molar-refractivity contribution in [3.63, 3.8) is 0 Å². The first-order valence-electron chi connectivity index (χ1n) is 8.42. The van der Waals surface area contributed by atoms with Gasteiger partial charge in [0.05, 0.1) is 0 Å². The minimum absolute atomic E-state index is 0.311. The molecule has 3 nitrogen and oxygen atoms in total. The Kier molecular flexibility index (Phi) is 7.20. The molecular weight excluding hydrogens is 260 g/mol. The molecule has 1 aromatic carbocycles. The van der Waals surface area contributed by atoms with Gasteiger partial charge < -0.3 is 10.4 Å². The molecular formula is C18H30N2O. The minimum Gasteiger partial charge on any atom is -0.396 e. The second-order valence-corrected chi connectivity index (χ2v) is 6.25. The number of benzene rings is 1. The molecule has 1 heterocycles. The number of aliphatic hydroxyl groups is 1. The van der Waals surface area contributed by atoms with Gasteiger partial charge in [0, 0.05) is 25.7 Å². The molecule has 0 aliphatic carbocycles. The Morgan fingerprint density at radius 3 is 2.86 bits per heavy atom. The van der Waals surface area contributed by atoms with E-state index in [4.69, 9.17) is 5.11 Å². The fraction of sp³-hybridized carbons (Fsp3) is 0.667. The molecule has 2 rings (SSSR count). The summed E-state index contributed by atoms with van der Waals surface area (Å²) in [7, 11) is 0. The van der Waals surface area contributed by atoms with Crippen LogP contribution in [0.25, 0.3) is 0 Å². The number of likely N-dealkylation sites (tertiary alicyclic amines) is 1. The van der Waals surface area contributed by atoms with E-state index >= 15 is 0 Å². The summed E-state index contributed by atoms with van der Waals surface area (Å²) < 4.78 is 0. The average molecular weight is 290 g/mol. The molecule has 1 aliphatic heterocycles. The van der Waals surface area contributed by atoms with Gasteiger partial charge in [-0.15, -0.1) is 0 Å². The van der Waals surface area contributed by atoms with Crippen molar-refractivity contribution in [1.82, 2.24) is 10.2 Å². The highest BCUT2D eigenvalue weighted by Gasteiger charge is 2.20. The number of nitrogens with zero attached hydrogens (tertiary/aromatic N) is 1. The Morgan fingerprint density at radius 1 is 1.33 bits per heavy atom. The molecule has 21 heavy (non-hydrogen) atoms. The molecule has 1 aromatic rings. The Labute approximate surface area is 129 Å². The van der Waals surface area contributed by atoms with Gasteiger partial charge in [0.15, 0.2) is 0 Å². The molecule has 0 radical (unpaired) electrons. The van der Waals surface area contributed by atoms with Crippen molar-refractivity contribution in [1.29, 1.82) is 0 Å². The molecule has 118 valence electrons. The van der Waals surface area contributed by atoms with Gasteiger partial charge in [-0.25, -0.2) is 0 Å². The third-order valence-corrected chi connectivity index (χ3v) is 4.56. The molecule has 0 amide bonds. The second kappa shape index (κ2) is 9.19. The van der Waals surface area contributed by atoms with E-state index in [1.807, 2.05) is 0 Å². The number of aliphatic hydroxyl groups excluding tert-OH is 1. The van der Waals surface area contributed by atoms with Gasteiger partial charge in [0.2, 0.25) is 0 Å². The van der Waals surface area contributed by atoms with E-state index < -0.39 is 0 Å². The molecule has 0 saturated carbocycles. The number of hydrogen-bond acceptors (Lipinski definition) is 3. The van der Waals surface area contributed by atoms with Gasteiger partial charge in [-0.3, -0.25) is 4.90 Å². The summed E-state index contributed by atoms with van der Waals surface area (Å²) in [6.07, 6.45) is 4.63. The van der Waals surface area contributed by atoms with E-state index in [0.29, 0.717) is 18.6 Å². The lowest BCUT2D eigenvalue weighted by Crippen LogP contribution is -2.46. The smallest absolute Gasteiger partial charge is 0.0434 e. The summed E-state index contributed by atoms with van der Waals surface area (Å²) in [4.78, 5) is 2.56. The fourth-order valence-electron chi connectivity index (χ4n) is 3.17. The van der Waals surface area contributed by atoms with Crippen LogP contribution in [-0.4, -0.2) is 42.3 Å². The van der Waals surface area contributed by atoms with E-state index in [2.05, 4.69) is 47.5 Å². The van der Waals surface area contributed by atoms with Gasteiger partial charge in [-0.05, 0) is 43.8 Å². The third-order valence-electron chi connectivity index (χ3n) is 4.56. The van der Waals surface area contributed by atoms with E-state index in [0.717, 1.165) is 32.5 Å². The molecule has 0 spiro atoms. The van der Waals surface area contributed by atoms with Crippen LogP contribution in [0, 0.1) is 5.92 Å². The third kappa shape index (κ3) is 5.77. The number of hydrogen-bond donors (Lipinski definition) is 2. The zero-order chi connectivity index (χ0) is 14.9. The molecule has 2 atom stereocenters. The number of nitrogens with one attached hydrogen (secondary N) is 1. The van der Waals surface area contributed by atoms with Crippen LogP contribution in [0.5, 0.6) is 0 Å². The first kappa shape index (κ1) is 16.5. The van der Waals surface area contributed by atoms with Crippen LogP contribution >= 0.6 is 0 Å². The van der Waals surface area contributed by atoms with E-state index in [-0.39, 0.29) is 0 Å². The van der Waals surface area contributed by atoms with E-state index in [9.17, 15) is 0 Å². The van der Waals surface area contributed by atoms with E-state index in [1.54, 1.807) is 0 Å². The largest absolute Gasteiger partial charge is 0.396 e. The van der Waals surface area contributed by atoms with E-state index in [1.165, 1.54) is 24.9 Å². The van der Waals surface area contributed by atoms with Crippen LogP contribution < -0.4 is 5.32 Å². The summed E-state index contributed by atoms with van der Waals surface area (Å²) in [5.41, 5.74) is 1.41. The molecule has 1 fully saturated rings. The zero-order valence-corrected chi connectivity index (χ0v) is 13.3. The second-order valence-electron chi connectivity index (χ2n) is 6.25. The SMILES string of the molecule is CCC(CCO)CNC1CCCN(Cc2ccccc2)C1. The standard InChI is InChI=1S/C18H30N2O/c1-2-16(10-12-21)13-19-18-9-6-11-20(15-18)14-17-7-4-3-5-8-17/h3-5,7-8,16,18-19,21H,2,6,9-15H2,1H3. The summed E-state index contributed by atoms with van der Waals surface area (Å²) in [5.74, 6) is 0.611. The van der Waals surface area contributed by atoms with Gasteiger partial charge in [-0.1, -0.05) is 43.7 Å². The molecule has 2 N–H and O–H groups in total. The zero-order valence-electron chi connectivity index (χ0n) is 13.3. The van der Waals surface area contributed by atoms with Gasteiger partial charge in [-0.2, -0.15) is 0 Å². The predicted molar refractivity (Wildman–Crippen MR) is 88.2 cm³/mol. The predicted octanol–water partition coefficient (Wildman–Crippen LogP) is 2.65. The van der Waals surface area contributed by atoms with Crippen LogP contribution in [0.15, 0.2) is 30.3 Å². The highest BCUT2D eigenvalue weighted by Crippen LogP contribution is 2.15. The number of piperidine rings is 1. The summed E-state index contributed by atoms with van der Waals surface area (Å²) in [6.45, 7) is 6.98. The maximum absolute atomic E-state index is 9.07. The van der Waals surface area contributed by atoms with Gasteiger partial charge in [0.25, 0.3) is 0 Å². The molecule has 3 heteroatoms. The number of rotatable bonds is 8. The molecule has 1 saturated heterocycles. The monoisotopic (exact) mass is 290 g/mol. The first-order valence-corrected chi connectivity index (χ1v) is 8.42. The van der Waals surface area contributed by atoms with Crippen LogP contribution in [0.1, 0.15) is 38.2 Å². The lowest BCUT2D eigenvalue weighted by Gasteiger charge is -2.34. The van der Waals surface area contributed by atoms with Crippen LogP contribution in [-0.2, 0) is 6.54 Å². The normalized spacial score (nSPS) is 21.3. The van der Waals surface area contributed by atoms with Gasteiger partial charge >= 0.3 is 0 Å². The van der Waals surface area contributed by atoms with Crippen molar-refractivity contribution in [2.75, 3.05) is 26.2 Å². The fourth-order valence-corrected chi connectivity index (χ4v) is 3.17. The topological polar surface area (TPSA) is 35.5 Å². The van der Waals surface area contributed by atoms with Crippen LogP contribution in [0.3, 0.4) is 0 Å². The van der Waals surface area contributed by atoms with Crippen molar-refractivity contribution in [3.8, 4) is 0 Å². The first-order chi connectivity index (χ1) is 10.3. The van der Waals surface area contributed by atoms with Crippen molar-refractivity contribution in [2.24, 2.45) is 5.92 Å². The maximum Gasteiger partial charge on any atom is 0.0434 e. The Morgan fingerprint density at radius 2 is 2.14 bits per heavy atom. The highest BCUT2D eigenvalue weighted by molar-refractivity contribution is 5.14. The highest BCUT2D eigenvalue weighted by atomic mass is 16.3. The van der Waals surface area contributed by atoms with Crippen molar-refractivity contribution in [3.05, 3.63) is 35.9 Å². The lowest BCUT2D eigenvalue weighted by molar-refractivity contribution is 0.176. The molecule has 1 aliphatic rings. The summed E-state index contributed by atoms with van der Waals surface area (Å²) in [5, 5.41) is 12.8. The Hall–Kier alpha value is -0.900. The van der Waals surface area contributed by atoms with Crippen LogP contribution in [0.2, 0.25) is 0 Å². The van der Waals surface area contributed by atoms with Crippen molar-refractivity contribution >= 4 is 0 Å². The Bertz CT molecular complexity index is 382. The van der Waals surface area contributed by atoms with Crippen molar-refractivity contribution < 1.29 is 5.11 Å². The summed E-state index contributed by atoms with van der Waals surface area (Å²) >= 11 is 0. The quantitative estimate of drug-likeness (QED) is 0.772. The lowest BCUT2D eigenvalue weighted by atomic mass is 10.0. The Balaban J connectivity index is 1.75. The van der Waals surface area contributed by atoms with Crippen molar-refractivity contribution in [2.45, 2.75) is 45.2 Å². The minimum atomic E-state index is 0.311. The molecule has 0 aromatic heterocycles. The summed E-state index contributed by atoms with van der Waals surface area (Å²) in [6, 6.07) is 11.4.